The minimum absolute atomic E-state index is 0.274. The molecular weight excluding hydrogens is 388 g/mol. The number of aromatic nitrogens is 2. The van der Waals surface area contributed by atoms with E-state index in [-0.39, 0.29) is 11.6 Å². The molecule has 2 aromatic heterocycles. The maximum Gasteiger partial charge on any atom is 0.180 e. The van der Waals surface area contributed by atoms with Gasteiger partial charge in [-0.25, -0.2) is 13.8 Å². The van der Waals surface area contributed by atoms with E-state index < -0.39 is 0 Å². The van der Waals surface area contributed by atoms with Crippen molar-refractivity contribution in [1.82, 2.24) is 15.0 Å². The van der Waals surface area contributed by atoms with Crippen LogP contribution in [0, 0.1) is 24.5 Å². The van der Waals surface area contributed by atoms with Gasteiger partial charge in [0, 0.05) is 38.8 Å². The van der Waals surface area contributed by atoms with Crippen molar-refractivity contribution < 1.29 is 13.3 Å². The van der Waals surface area contributed by atoms with Gasteiger partial charge in [-0.05, 0) is 55.5 Å². The number of fused-ring (bicyclic) bond motifs is 2. The normalized spacial score (nSPS) is 22.3. The van der Waals surface area contributed by atoms with E-state index in [1.54, 1.807) is 6.07 Å². The van der Waals surface area contributed by atoms with Crippen molar-refractivity contribution in [2.75, 3.05) is 42.9 Å². The van der Waals surface area contributed by atoms with Crippen LogP contribution >= 0.6 is 0 Å². The van der Waals surface area contributed by atoms with Crippen LogP contribution < -0.4 is 10.2 Å². The van der Waals surface area contributed by atoms with E-state index in [1.165, 1.54) is 24.4 Å². The molecule has 0 unspecified atom stereocenters. The van der Waals surface area contributed by atoms with Gasteiger partial charge in [0.1, 0.15) is 17.5 Å². The van der Waals surface area contributed by atoms with Crippen LogP contribution in [0.15, 0.2) is 35.0 Å². The van der Waals surface area contributed by atoms with Gasteiger partial charge < -0.3 is 14.7 Å². The van der Waals surface area contributed by atoms with E-state index in [1.807, 2.05) is 6.92 Å². The fraction of sp³-hybridized carbons (Fsp3) is 0.455. The first kappa shape index (κ1) is 19.2. The zero-order valence-electron chi connectivity index (χ0n) is 16.9. The lowest BCUT2D eigenvalue weighted by molar-refractivity contribution is 0.0994. The van der Waals surface area contributed by atoms with Gasteiger partial charge in [0.15, 0.2) is 11.4 Å². The highest BCUT2D eigenvalue weighted by molar-refractivity contribution is 5.88. The number of nitrogens with zero attached hydrogens (tertiary/aromatic N) is 4. The second-order valence-corrected chi connectivity index (χ2v) is 8.38. The lowest BCUT2D eigenvalue weighted by Gasteiger charge is -2.46. The molecule has 2 atom stereocenters. The Hall–Kier alpha value is -2.74. The second-order valence-electron chi connectivity index (χ2n) is 8.38. The SMILES string of the molecule is Cc1cc(F)cnc1NC[C@H]1CC[C@H]2CN(c3noc4ccc(F)cc34)CCN2C1. The smallest absolute Gasteiger partial charge is 0.180 e. The molecule has 0 saturated carbocycles. The summed E-state index contributed by atoms with van der Waals surface area (Å²) in [6.45, 7) is 6.39. The average molecular weight is 413 g/mol. The monoisotopic (exact) mass is 413 g/mol. The molecule has 30 heavy (non-hydrogen) atoms. The predicted molar refractivity (Wildman–Crippen MR) is 112 cm³/mol. The number of nitrogens with one attached hydrogen (secondary N) is 1. The van der Waals surface area contributed by atoms with E-state index in [0.717, 1.165) is 68.2 Å². The third-order valence-corrected chi connectivity index (χ3v) is 6.32. The molecule has 0 radical (unpaired) electrons. The van der Waals surface area contributed by atoms with Gasteiger partial charge in [-0.1, -0.05) is 5.16 Å². The largest absolute Gasteiger partial charge is 0.370 e. The summed E-state index contributed by atoms with van der Waals surface area (Å²) in [6.07, 6.45) is 3.48. The molecule has 0 bridgehead atoms. The fourth-order valence-corrected chi connectivity index (χ4v) is 4.71. The molecule has 4 heterocycles. The number of rotatable bonds is 4. The molecule has 158 valence electrons. The highest BCUT2D eigenvalue weighted by Crippen LogP contribution is 2.31. The van der Waals surface area contributed by atoms with Crippen LogP contribution in [0.4, 0.5) is 20.4 Å². The van der Waals surface area contributed by atoms with Crippen LogP contribution in [0.1, 0.15) is 18.4 Å². The standard InChI is InChI=1S/C22H25F2N5O/c1-14-8-17(24)11-26-21(14)25-10-15-2-4-18-13-29(7-6-28(18)12-15)22-19-9-16(23)3-5-20(19)30-27-22/h3,5,8-9,11,15,18H,2,4,6-7,10,12-13H2,1H3,(H,25,26)/t15-,18+/m1/s1. The van der Waals surface area contributed by atoms with Crippen molar-refractivity contribution in [2.45, 2.75) is 25.8 Å². The van der Waals surface area contributed by atoms with E-state index >= 15 is 0 Å². The Kier molecular flexibility index (Phi) is 5.02. The van der Waals surface area contributed by atoms with Crippen molar-refractivity contribution in [1.29, 1.82) is 0 Å². The summed E-state index contributed by atoms with van der Waals surface area (Å²) in [7, 11) is 0. The van der Waals surface area contributed by atoms with Crippen LogP contribution in [0.3, 0.4) is 0 Å². The lowest BCUT2D eigenvalue weighted by Crippen LogP contribution is -2.57. The maximum atomic E-state index is 13.7. The van der Waals surface area contributed by atoms with Crippen LogP contribution in [-0.4, -0.2) is 53.8 Å². The molecule has 1 N–H and O–H groups in total. The lowest BCUT2D eigenvalue weighted by atomic mass is 9.91. The van der Waals surface area contributed by atoms with E-state index in [4.69, 9.17) is 4.52 Å². The van der Waals surface area contributed by atoms with Gasteiger partial charge in [0.05, 0.1) is 11.6 Å². The number of aryl methyl sites for hydroxylation is 1. The molecule has 5 rings (SSSR count). The van der Waals surface area contributed by atoms with Crippen LogP contribution in [0.2, 0.25) is 0 Å². The number of benzene rings is 1. The molecule has 0 aliphatic carbocycles. The summed E-state index contributed by atoms with van der Waals surface area (Å²) in [5, 5.41) is 8.34. The van der Waals surface area contributed by atoms with Crippen LogP contribution in [0.25, 0.3) is 11.0 Å². The first-order chi connectivity index (χ1) is 14.6. The van der Waals surface area contributed by atoms with Crippen LogP contribution in [0.5, 0.6) is 0 Å². The molecule has 2 saturated heterocycles. The number of anilines is 2. The Morgan fingerprint density at radius 1 is 1.13 bits per heavy atom. The molecule has 3 aromatic rings. The topological polar surface area (TPSA) is 57.4 Å². The van der Waals surface area contributed by atoms with Crippen LogP contribution in [-0.2, 0) is 0 Å². The number of halogens is 2. The summed E-state index contributed by atoms with van der Waals surface area (Å²) in [6, 6.07) is 6.49. The van der Waals surface area contributed by atoms with E-state index in [2.05, 4.69) is 25.3 Å². The Labute approximate surface area is 173 Å². The Balaban J connectivity index is 1.20. The molecule has 2 aliphatic heterocycles. The number of pyridine rings is 1. The number of piperazine rings is 1. The Morgan fingerprint density at radius 2 is 2.03 bits per heavy atom. The summed E-state index contributed by atoms with van der Waals surface area (Å²) >= 11 is 0. The van der Waals surface area contributed by atoms with Crippen molar-refractivity contribution in [2.24, 2.45) is 5.92 Å². The number of hydrogen-bond donors (Lipinski definition) is 1. The summed E-state index contributed by atoms with van der Waals surface area (Å²) in [5.41, 5.74) is 1.45. The minimum atomic E-state index is -0.306. The summed E-state index contributed by atoms with van der Waals surface area (Å²) in [4.78, 5) is 8.93. The van der Waals surface area contributed by atoms with Crippen molar-refractivity contribution in [3.8, 4) is 0 Å². The van der Waals surface area contributed by atoms with Gasteiger partial charge in [0.2, 0.25) is 0 Å². The first-order valence-electron chi connectivity index (χ1n) is 10.5. The summed E-state index contributed by atoms with van der Waals surface area (Å²) in [5.74, 6) is 1.45. The predicted octanol–water partition coefficient (Wildman–Crippen LogP) is 3.82. The Morgan fingerprint density at radius 3 is 2.90 bits per heavy atom. The van der Waals surface area contributed by atoms with E-state index in [0.29, 0.717) is 17.5 Å². The van der Waals surface area contributed by atoms with Gasteiger partial charge in [-0.3, -0.25) is 4.90 Å². The first-order valence-corrected chi connectivity index (χ1v) is 10.5. The van der Waals surface area contributed by atoms with Gasteiger partial charge in [-0.2, -0.15) is 0 Å². The minimum Gasteiger partial charge on any atom is -0.370 e. The molecule has 6 nitrogen and oxygen atoms in total. The molecule has 8 heteroatoms. The third kappa shape index (κ3) is 3.71. The quantitative estimate of drug-likeness (QED) is 0.702. The van der Waals surface area contributed by atoms with Crippen molar-refractivity contribution in [3.05, 3.63) is 47.7 Å². The molecule has 0 spiro atoms. The fourth-order valence-electron chi connectivity index (χ4n) is 4.71. The maximum absolute atomic E-state index is 13.7. The zero-order chi connectivity index (χ0) is 20.7. The molecule has 1 aromatic carbocycles. The average Bonchev–Trinajstić information content (AvgIpc) is 3.15. The number of piperidine rings is 1. The van der Waals surface area contributed by atoms with Crippen molar-refractivity contribution >= 4 is 22.6 Å². The van der Waals surface area contributed by atoms with Gasteiger partial charge >= 0.3 is 0 Å². The zero-order valence-corrected chi connectivity index (χ0v) is 16.9. The van der Waals surface area contributed by atoms with E-state index in [9.17, 15) is 8.78 Å². The highest BCUT2D eigenvalue weighted by Gasteiger charge is 2.34. The highest BCUT2D eigenvalue weighted by atomic mass is 19.1. The molecular formula is C22H25F2N5O. The third-order valence-electron chi connectivity index (χ3n) is 6.32. The molecule has 2 aliphatic rings. The molecule has 2 fully saturated rings. The van der Waals surface area contributed by atoms with Gasteiger partial charge in [-0.15, -0.1) is 0 Å². The second kappa shape index (κ2) is 7.83. The van der Waals surface area contributed by atoms with Gasteiger partial charge in [0.25, 0.3) is 0 Å². The Bertz CT molecular complexity index is 1060. The van der Waals surface area contributed by atoms with Crippen molar-refractivity contribution in [3.63, 3.8) is 0 Å². The summed E-state index contributed by atoms with van der Waals surface area (Å²) < 4.78 is 32.3. The number of hydrogen-bond acceptors (Lipinski definition) is 6. The molecule has 0 amide bonds.